The van der Waals surface area contributed by atoms with Crippen molar-refractivity contribution in [2.45, 2.75) is 38.9 Å². The van der Waals surface area contributed by atoms with Gasteiger partial charge in [-0.1, -0.05) is 19.0 Å². The Bertz CT molecular complexity index is 849. The molecule has 0 saturated carbocycles. The minimum Gasteiger partial charge on any atom is -0.395 e. The second kappa shape index (κ2) is 9.76. The maximum absolute atomic E-state index is 13.8. The van der Waals surface area contributed by atoms with Gasteiger partial charge in [0.15, 0.2) is 11.6 Å². The lowest BCUT2D eigenvalue weighted by Crippen LogP contribution is -2.47. The maximum Gasteiger partial charge on any atom is 0.218 e. The summed E-state index contributed by atoms with van der Waals surface area (Å²) in [7, 11) is -3.45. The van der Waals surface area contributed by atoms with Gasteiger partial charge in [0.25, 0.3) is 0 Å². The van der Waals surface area contributed by atoms with E-state index in [1.165, 1.54) is 17.3 Å². The summed E-state index contributed by atoms with van der Waals surface area (Å²) >= 11 is 0. The summed E-state index contributed by atoms with van der Waals surface area (Å²) in [6.45, 7) is 9.84. The second-order valence-corrected chi connectivity index (χ2v) is 10.5. The summed E-state index contributed by atoms with van der Waals surface area (Å²) in [6.07, 6.45) is 2.79. The average molecular weight is 445 g/mol. The highest BCUT2D eigenvalue weighted by Gasteiger charge is 2.30. The SMILES string of the molecule is CCN(CCCN1CCN(c2noc3c2CC(C)C(F)=C3)CC1)S(=O)(=O)C(C)CO. The number of aliphatic hydroxyl groups excluding tert-OH is 1. The molecule has 2 aliphatic rings. The second-order valence-electron chi connectivity index (χ2n) is 8.20. The van der Waals surface area contributed by atoms with Crippen LogP contribution < -0.4 is 4.90 Å². The van der Waals surface area contributed by atoms with E-state index in [1.54, 1.807) is 0 Å². The Labute approximate surface area is 178 Å². The molecule has 1 aliphatic carbocycles. The molecule has 170 valence electrons. The van der Waals surface area contributed by atoms with Gasteiger partial charge in [-0.05, 0) is 26.3 Å². The third-order valence-corrected chi connectivity index (χ3v) is 8.41. The van der Waals surface area contributed by atoms with Crippen molar-refractivity contribution in [1.82, 2.24) is 14.4 Å². The fourth-order valence-corrected chi connectivity index (χ4v) is 5.45. The normalized spacial score (nSPS) is 21.6. The van der Waals surface area contributed by atoms with Crippen LogP contribution in [0.1, 0.15) is 38.5 Å². The van der Waals surface area contributed by atoms with Gasteiger partial charge in [0.05, 0.1) is 11.9 Å². The highest BCUT2D eigenvalue weighted by molar-refractivity contribution is 7.89. The van der Waals surface area contributed by atoms with Gasteiger partial charge in [0.1, 0.15) is 5.83 Å². The van der Waals surface area contributed by atoms with Crippen LogP contribution in [0.5, 0.6) is 0 Å². The molecule has 0 aromatic carbocycles. The van der Waals surface area contributed by atoms with Crippen LogP contribution in [0.3, 0.4) is 0 Å². The van der Waals surface area contributed by atoms with Gasteiger partial charge in [0.2, 0.25) is 10.0 Å². The molecular weight excluding hydrogens is 411 g/mol. The lowest BCUT2D eigenvalue weighted by atomic mass is 9.94. The number of halogens is 1. The molecule has 1 N–H and O–H groups in total. The number of hydrogen-bond donors (Lipinski definition) is 1. The highest BCUT2D eigenvalue weighted by Crippen LogP contribution is 2.35. The Morgan fingerprint density at radius 1 is 1.37 bits per heavy atom. The van der Waals surface area contributed by atoms with E-state index >= 15 is 0 Å². The zero-order valence-corrected chi connectivity index (χ0v) is 18.9. The summed E-state index contributed by atoms with van der Waals surface area (Å²) in [4.78, 5) is 4.51. The predicted octanol–water partition coefficient (Wildman–Crippen LogP) is 1.72. The predicted molar refractivity (Wildman–Crippen MR) is 114 cm³/mol. The van der Waals surface area contributed by atoms with Crippen molar-refractivity contribution in [3.8, 4) is 0 Å². The Morgan fingerprint density at radius 3 is 2.70 bits per heavy atom. The maximum atomic E-state index is 13.8. The quantitative estimate of drug-likeness (QED) is 0.620. The minimum atomic E-state index is -3.45. The number of piperazine rings is 1. The Kier molecular flexibility index (Phi) is 7.54. The van der Waals surface area contributed by atoms with Crippen LogP contribution in [0.15, 0.2) is 10.3 Å². The molecule has 10 heteroatoms. The fraction of sp³-hybridized carbons (Fsp3) is 0.750. The first-order valence-corrected chi connectivity index (χ1v) is 12.2. The molecule has 1 fully saturated rings. The summed E-state index contributed by atoms with van der Waals surface area (Å²) in [6, 6.07) is 0. The first-order valence-electron chi connectivity index (χ1n) is 10.7. The Balaban J connectivity index is 1.49. The van der Waals surface area contributed by atoms with Gasteiger partial charge >= 0.3 is 0 Å². The highest BCUT2D eigenvalue weighted by atomic mass is 32.2. The van der Waals surface area contributed by atoms with E-state index in [0.29, 0.717) is 25.3 Å². The van der Waals surface area contributed by atoms with Crippen LogP contribution >= 0.6 is 0 Å². The standard InChI is InChI=1S/C20H33FN4O4S/c1-4-25(30(27,28)16(3)14-26)7-5-6-23-8-10-24(11-9-23)20-17-12-15(2)18(21)13-19(17)29-22-20/h13,15-16,26H,4-12,14H2,1-3H3. The molecule has 0 spiro atoms. The Hall–Kier alpha value is -1.49. The molecule has 1 saturated heterocycles. The molecule has 2 unspecified atom stereocenters. The monoisotopic (exact) mass is 444 g/mol. The molecule has 1 aromatic rings. The van der Waals surface area contributed by atoms with Crippen molar-refractivity contribution in [2.75, 3.05) is 57.3 Å². The molecule has 0 amide bonds. The zero-order chi connectivity index (χ0) is 21.9. The molecule has 3 rings (SSSR count). The van der Waals surface area contributed by atoms with Crippen LogP contribution in [0.4, 0.5) is 10.2 Å². The van der Waals surface area contributed by atoms with Crippen LogP contribution in [0.25, 0.3) is 6.08 Å². The summed E-state index contributed by atoms with van der Waals surface area (Å²) in [5.74, 6) is 1.04. The first kappa shape index (κ1) is 23.2. The fourth-order valence-electron chi connectivity index (χ4n) is 4.01. The van der Waals surface area contributed by atoms with E-state index < -0.39 is 15.3 Å². The van der Waals surface area contributed by atoms with Crippen LogP contribution in [0.2, 0.25) is 0 Å². The summed E-state index contributed by atoms with van der Waals surface area (Å²) < 4.78 is 45.4. The Morgan fingerprint density at radius 2 is 2.07 bits per heavy atom. The van der Waals surface area contributed by atoms with Crippen LogP contribution in [-0.2, 0) is 16.4 Å². The van der Waals surface area contributed by atoms with Crippen molar-refractivity contribution in [1.29, 1.82) is 0 Å². The number of anilines is 1. The van der Waals surface area contributed by atoms with Gasteiger partial charge < -0.3 is 14.5 Å². The van der Waals surface area contributed by atoms with Gasteiger partial charge in [0, 0.05) is 56.8 Å². The minimum absolute atomic E-state index is 0.150. The number of aromatic nitrogens is 1. The van der Waals surface area contributed by atoms with E-state index in [0.717, 1.165) is 50.5 Å². The molecule has 0 radical (unpaired) electrons. The van der Waals surface area contributed by atoms with E-state index in [9.17, 15) is 17.9 Å². The lowest BCUT2D eigenvalue weighted by molar-refractivity contribution is 0.243. The van der Waals surface area contributed by atoms with Gasteiger partial charge in [-0.15, -0.1) is 0 Å². The van der Waals surface area contributed by atoms with E-state index in [4.69, 9.17) is 4.52 Å². The molecule has 2 heterocycles. The van der Waals surface area contributed by atoms with Crippen molar-refractivity contribution in [3.63, 3.8) is 0 Å². The van der Waals surface area contributed by atoms with E-state index in [2.05, 4.69) is 15.0 Å². The molecule has 8 nitrogen and oxygen atoms in total. The zero-order valence-electron chi connectivity index (χ0n) is 18.1. The van der Waals surface area contributed by atoms with Crippen molar-refractivity contribution in [2.24, 2.45) is 5.92 Å². The van der Waals surface area contributed by atoms with Gasteiger partial charge in [-0.25, -0.2) is 17.1 Å². The van der Waals surface area contributed by atoms with Crippen LogP contribution in [0, 0.1) is 5.92 Å². The van der Waals surface area contributed by atoms with Gasteiger partial charge in [-0.3, -0.25) is 4.90 Å². The third kappa shape index (κ3) is 4.87. The van der Waals surface area contributed by atoms with Crippen LogP contribution in [-0.4, -0.2) is 85.6 Å². The molecule has 30 heavy (non-hydrogen) atoms. The van der Waals surface area contributed by atoms with E-state index in [-0.39, 0.29) is 18.4 Å². The molecular formula is C20H33FN4O4S. The number of nitrogens with zero attached hydrogens (tertiary/aromatic N) is 4. The summed E-state index contributed by atoms with van der Waals surface area (Å²) in [5.41, 5.74) is 0.985. The lowest BCUT2D eigenvalue weighted by Gasteiger charge is -2.35. The first-order chi connectivity index (χ1) is 14.3. The van der Waals surface area contributed by atoms with Crippen molar-refractivity contribution in [3.05, 3.63) is 17.2 Å². The third-order valence-electron chi connectivity index (χ3n) is 6.08. The smallest absolute Gasteiger partial charge is 0.218 e. The number of rotatable bonds is 9. The largest absolute Gasteiger partial charge is 0.395 e. The topological polar surface area (TPSA) is 90.1 Å². The molecule has 1 aliphatic heterocycles. The number of allylic oxidation sites excluding steroid dienone is 1. The molecule has 2 atom stereocenters. The van der Waals surface area contributed by atoms with E-state index in [1.807, 2.05) is 13.8 Å². The number of fused-ring (bicyclic) bond motifs is 1. The summed E-state index contributed by atoms with van der Waals surface area (Å²) in [5, 5.41) is 12.6. The molecule has 0 bridgehead atoms. The molecule has 1 aromatic heterocycles. The number of aliphatic hydroxyl groups is 1. The number of sulfonamides is 1. The van der Waals surface area contributed by atoms with Crippen molar-refractivity contribution >= 4 is 21.9 Å². The number of hydrogen-bond acceptors (Lipinski definition) is 7. The van der Waals surface area contributed by atoms with Crippen molar-refractivity contribution < 1.29 is 22.4 Å². The van der Waals surface area contributed by atoms with Gasteiger partial charge in [-0.2, -0.15) is 0 Å². The average Bonchev–Trinajstić information content (AvgIpc) is 3.13.